The number of hydrogen-bond donors (Lipinski definition) is 1. The standard InChI is InChI=1S/C14H24N2O2/c1-10(2)13(3)8-11(17)16(12(13)18)14(9-15)6-4-5-7-14/h10H,4-9,15H2,1-3H3. The summed E-state index contributed by atoms with van der Waals surface area (Å²) in [5, 5.41) is 0. The number of imide groups is 1. The van der Waals surface area contributed by atoms with Crippen LogP contribution in [0.1, 0.15) is 52.9 Å². The summed E-state index contributed by atoms with van der Waals surface area (Å²) in [4.78, 5) is 26.5. The Morgan fingerprint density at radius 2 is 1.83 bits per heavy atom. The lowest BCUT2D eigenvalue weighted by atomic mass is 9.77. The number of amides is 2. The molecule has 2 aliphatic rings. The first kappa shape index (κ1) is 13.5. The fraction of sp³-hybridized carbons (Fsp3) is 0.857. The van der Waals surface area contributed by atoms with Crippen LogP contribution in [0.4, 0.5) is 0 Å². The molecular formula is C14H24N2O2. The van der Waals surface area contributed by atoms with E-state index >= 15 is 0 Å². The van der Waals surface area contributed by atoms with Crippen LogP contribution in [0, 0.1) is 11.3 Å². The minimum atomic E-state index is -0.540. The molecule has 1 heterocycles. The predicted molar refractivity (Wildman–Crippen MR) is 69.7 cm³/mol. The molecule has 1 unspecified atom stereocenters. The van der Waals surface area contributed by atoms with Gasteiger partial charge in [-0.3, -0.25) is 14.5 Å². The maximum Gasteiger partial charge on any atom is 0.236 e. The minimum Gasteiger partial charge on any atom is -0.328 e. The van der Waals surface area contributed by atoms with Gasteiger partial charge in [0.1, 0.15) is 0 Å². The smallest absolute Gasteiger partial charge is 0.236 e. The molecule has 1 aliphatic heterocycles. The van der Waals surface area contributed by atoms with Crippen molar-refractivity contribution in [2.75, 3.05) is 6.54 Å². The summed E-state index contributed by atoms with van der Waals surface area (Å²) in [5.74, 6) is 0.147. The number of carbonyl (C=O) groups excluding carboxylic acids is 2. The molecule has 1 atom stereocenters. The third-order valence-corrected chi connectivity index (χ3v) is 5.12. The normalized spacial score (nSPS) is 31.7. The highest BCUT2D eigenvalue weighted by atomic mass is 16.2. The third kappa shape index (κ3) is 1.69. The molecule has 1 saturated heterocycles. The molecule has 102 valence electrons. The van der Waals surface area contributed by atoms with Gasteiger partial charge in [0.2, 0.25) is 11.8 Å². The molecule has 4 heteroatoms. The first-order valence-electron chi connectivity index (χ1n) is 6.95. The Morgan fingerprint density at radius 1 is 1.28 bits per heavy atom. The van der Waals surface area contributed by atoms with E-state index in [9.17, 15) is 9.59 Å². The van der Waals surface area contributed by atoms with Crippen molar-refractivity contribution in [3.8, 4) is 0 Å². The molecular weight excluding hydrogens is 228 g/mol. The molecule has 1 saturated carbocycles. The fourth-order valence-electron chi connectivity index (χ4n) is 3.32. The van der Waals surface area contributed by atoms with Crippen LogP contribution in [0.3, 0.4) is 0 Å². The van der Waals surface area contributed by atoms with Gasteiger partial charge >= 0.3 is 0 Å². The lowest BCUT2D eigenvalue weighted by molar-refractivity contribution is -0.148. The van der Waals surface area contributed by atoms with Gasteiger partial charge in [-0.15, -0.1) is 0 Å². The number of nitrogens with two attached hydrogens (primary N) is 1. The zero-order valence-electron chi connectivity index (χ0n) is 11.7. The lowest BCUT2D eigenvalue weighted by Crippen LogP contribution is -2.55. The highest BCUT2D eigenvalue weighted by Crippen LogP contribution is 2.46. The summed E-state index contributed by atoms with van der Waals surface area (Å²) < 4.78 is 0. The van der Waals surface area contributed by atoms with Crippen molar-refractivity contribution < 1.29 is 9.59 Å². The van der Waals surface area contributed by atoms with Crippen LogP contribution in [0.2, 0.25) is 0 Å². The van der Waals surface area contributed by atoms with Crippen LogP contribution in [-0.2, 0) is 9.59 Å². The monoisotopic (exact) mass is 252 g/mol. The summed E-state index contributed by atoms with van der Waals surface area (Å²) in [5.41, 5.74) is 4.96. The fourth-order valence-corrected chi connectivity index (χ4v) is 3.32. The van der Waals surface area contributed by atoms with Crippen molar-refractivity contribution in [1.82, 2.24) is 4.90 Å². The first-order valence-corrected chi connectivity index (χ1v) is 6.95. The molecule has 1 aliphatic carbocycles. The second kappa shape index (κ2) is 4.34. The van der Waals surface area contributed by atoms with E-state index in [2.05, 4.69) is 0 Å². The molecule has 0 aromatic heterocycles. The van der Waals surface area contributed by atoms with Gasteiger partial charge in [0, 0.05) is 13.0 Å². The van der Waals surface area contributed by atoms with Crippen molar-refractivity contribution in [3.63, 3.8) is 0 Å². The van der Waals surface area contributed by atoms with E-state index in [0.717, 1.165) is 25.7 Å². The molecule has 2 N–H and O–H groups in total. The van der Waals surface area contributed by atoms with Gasteiger partial charge in [0.15, 0.2) is 0 Å². The molecule has 0 spiro atoms. The number of likely N-dealkylation sites (tertiary alicyclic amines) is 1. The van der Waals surface area contributed by atoms with Gasteiger partial charge in [-0.2, -0.15) is 0 Å². The van der Waals surface area contributed by atoms with E-state index in [1.807, 2.05) is 20.8 Å². The maximum absolute atomic E-state index is 12.7. The number of rotatable bonds is 3. The molecule has 0 aromatic rings. The summed E-state index contributed by atoms with van der Waals surface area (Å²) in [7, 11) is 0. The van der Waals surface area contributed by atoms with Gasteiger partial charge in [0.05, 0.1) is 11.0 Å². The second-order valence-electron chi connectivity index (χ2n) is 6.42. The van der Waals surface area contributed by atoms with Crippen molar-refractivity contribution in [2.45, 2.75) is 58.4 Å². The van der Waals surface area contributed by atoms with Crippen LogP contribution in [0.15, 0.2) is 0 Å². The van der Waals surface area contributed by atoms with E-state index in [1.54, 1.807) is 0 Å². The zero-order chi connectivity index (χ0) is 13.6. The average Bonchev–Trinajstić information content (AvgIpc) is 2.85. The van der Waals surface area contributed by atoms with Gasteiger partial charge in [-0.25, -0.2) is 0 Å². The molecule has 2 rings (SSSR count). The van der Waals surface area contributed by atoms with E-state index in [0.29, 0.717) is 13.0 Å². The molecule has 0 radical (unpaired) electrons. The second-order valence-corrected chi connectivity index (χ2v) is 6.42. The Bertz CT molecular complexity index is 372. The molecule has 18 heavy (non-hydrogen) atoms. The molecule has 4 nitrogen and oxygen atoms in total. The van der Waals surface area contributed by atoms with Crippen molar-refractivity contribution in [1.29, 1.82) is 0 Å². The third-order valence-electron chi connectivity index (χ3n) is 5.12. The quantitative estimate of drug-likeness (QED) is 0.777. The van der Waals surface area contributed by atoms with Crippen LogP contribution >= 0.6 is 0 Å². The molecule has 2 amide bonds. The van der Waals surface area contributed by atoms with Gasteiger partial charge in [0.25, 0.3) is 0 Å². The van der Waals surface area contributed by atoms with Crippen LogP contribution in [-0.4, -0.2) is 28.8 Å². The van der Waals surface area contributed by atoms with E-state index in [-0.39, 0.29) is 23.3 Å². The van der Waals surface area contributed by atoms with Crippen molar-refractivity contribution in [3.05, 3.63) is 0 Å². The maximum atomic E-state index is 12.7. The Kier molecular flexibility index (Phi) is 3.26. The Morgan fingerprint density at radius 3 is 2.22 bits per heavy atom. The van der Waals surface area contributed by atoms with E-state index in [1.165, 1.54) is 4.90 Å². The van der Waals surface area contributed by atoms with Crippen LogP contribution < -0.4 is 5.73 Å². The Hall–Kier alpha value is -0.900. The number of hydrogen-bond acceptors (Lipinski definition) is 3. The molecule has 0 bridgehead atoms. The zero-order valence-corrected chi connectivity index (χ0v) is 11.7. The van der Waals surface area contributed by atoms with Gasteiger partial charge in [-0.1, -0.05) is 26.7 Å². The predicted octanol–water partition coefficient (Wildman–Crippen LogP) is 1.68. The van der Waals surface area contributed by atoms with Gasteiger partial charge in [-0.05, 0) is 25.7 Å². The highest BCUT2D eigenvalue weighted by Gasteiger charge is 2.56. The minimum absolute atomic E-state index is 0.00477. The Balaban J connectivity index is 2.35. The Labute approximate surface area is 109 Å². The number of carbonyl (C=O) groups is 2. The summed E-state index contributed by atoms with van der Waals surface area (Å²) >= 11 is 0. The average molecular weight is 252 g/mol. The summed E-state index contributed by atoms with van der Waals surface area (Å²) in [6.45, 7) is 6.34. The SMILES string of the molecule is CC(C)C1(C)CC(=O)N(C2(CN)CCCC2)C1=O. The lowest BCUT2D eigenvalue weighted by Gasteiger charge is -2.38. The molecule has 0 aromatic carbocycles. The summed E-state index contributed by atoms with van der Waals surface area (Å²) in [6.07, 6.45) is 4.20. The topological polar surface area (TPSA) is 63.4 Å². The van der Waals surface area contributed by atoms with Crippen molar-refractivity contribution in [2.24, 2.45) is 17.1 Å². The van der Waals surface area contributed by atoms with E-state index in [4.69, 9.17) is 5.73 Å². The van der Waals surface area contributed by atoms with Crippen LogP contribution in [0.5, 0.6) is 0 Å². The first-order chi connectivity index (χ1) is 8.37. The van der Waals surface area contributed by atoms with Crippen LogP contribution in [0.25, 0.3) is 0 Å². The largest absolute Gasteiger partial charge is 0.328 e. The highest BCUT2D eigenvalue weighted by molar-refractivity contribution is 6.06. The van der Waals surface area contributed by atoms with Gasteiger partial charge < -0.3 is 5.73 Å². The number of nitrogens with zero attached hydrogens (tertiary/aromatic N) is 1. The summed E-state index contributed by atoms with van der Waals surface area (Å²) in [6, 6.07) is 0. The van der Waals surface area contributed by atoms with E-state index < -0.39 is 5.41 Å². The molecule has 2 fully saturated rings. The van der Waals surface area contributed by atoms with Crippen molar-refractivity contribution >= 4 is 11.8 Å².